The second-order valence-corrected chi connectivity index (χ2v) is 9.17. The quantitative estimate of drug-likeness (QED) is 0.678. The average molecular weight is 408 g/mol. The SMILES string of the molecule is CCCC1(C)OC=C(Oc2ccc(F)c(F)c2)C1c1ccc(S(C)(=O)=O)cc1. The molecule has 2 aromatic rings. The van der Waals surface area contributed by atoms with Crippen molar-refractivity contribution in [1.29, 1.82) is 0 Å². The van der Waals surface area contributed by atoms with Crippen LogP contribution in [0, 0.1) is 11.6 Å². The van der Waals surface area contributed by atoms with Crippen LogP contribution in [-0.2, 0) is 14.6 Å². The van der Waals surface area contributed by atoms with Gasteiger partial charge < -0.3 is 9.47 Å². The summed E-state index contributed by atoms with van der Waals surface area (Å²) in [5.74, 6) is -1.66. The van der Waals surface area contributed by atoms with Gasteiger partial charge in [-0.25, -0.2) is 17.2 Å². The molecule has 2 atom stereocenters. The Morgan fingerprint density at radius 1 is 1.11 bits per heavy atom. The summed E-state index contributed by atoms with van der Waals surface area (Å²) in [4.78, 5) is 0.222. The molecule has 0 saturated heterocycles. The molecule has 0 saturated carbocycles. The van der Waals surface area contributed by atoms with Crippen LogP contribution in [0.15, 0.2) is 59.4 Å². The first kappa shape index (κ1) is 20.3. The minimum absolute atomic E-state index is 0.159. The molecule has 2 aromatic carbocycles. The van der Waals surface area contributed by atoms with Crippen molar-refractivity contribution in [3.8, 4) is 5.75 Å². The molecule has 7 heteroatoms. The number of sulfone groups is 1. The molecule has 0 fully saturated rings. The van der Waals surface area contributed by atoms with Crippen LogP contribution < -0.4 is 4.74 Å². The lowest BCUT2D eigenvalue weighted by molar-refractivity contribution is 0.0373. The zero-order chi connectivity index (χ0) is 20.5. The Morgan fingerprint density at radius 2 is 1.79 bits per heavy atom. The van der Waals surface area contributed by atoms with Crippen molar-refractivity contribution in [3.05, 3.63) is 71.7 Å². The summed E-state index contributed by atoms with van der Waals surface area (Å²) in [6, 6.07) is 9.88. The zero-order valence-electron chi connectivity index (χ0n) is 15.9. The molecular weight excluding hydrogens is 386 g/mol. The van der Waals surface area contributed by atoms with Gasteiger partial charge in [0.2, 0.25) is 0 Å². The van der Waals surface area contributed by atoms with Gasteiger partial charge in [-0.2, -0.15) is 0 Å². The fourth-order valence-corrected chi connectivity index (χ4v) is 4.14. The molecule has 0 amide bonds. The predicted octanol–water partition coefficient (Wildman–Crippen LogP) is 4.96. The van der Waals surface area contributed by atoms with E-state index < -0.39 is 27.1 Å². The summed E-state index contributed by atoms with van der Waals surface area (Å²) in [5, 5.41) is 0. The molecule has 1 aliphatic rings. The second-order valence-electron chi connectivity index (χ2n) is 7.15. The zero-order valence-corrected chi connectivity index (χ0v) is 16.7. The maximum atomic E-state index is 13.5. The van der Waals surface area contributed by atoms with Gasteiger partial charge in [0.25, 0.3) is 0 Å². The smallest absolute Gasteiger partial charge is 0.175 e. The highest BCUT2D eigenvalue weighted by Gasteiger charge is 2.44. The summed E-state index contributed by atoms with van der Waals surface area (Å²) in [5.41, 5.74) is 0.213. The molecule has 150 valence electrons. The molecule has 0 aliphatic carbocycles. The van der Waals surface area contributed by atoms with Crippen molar-refractivity contribution in [2.45, 2.75) is 43.1 Å². The van der Waals surface area contributed by atoms with Crippen LogP contribution in [-0.4, -0.2) is 20.3 Å². The number of benzene rings is 2. The van der Waals surface area contributed by atoms with Crippen molar-refractivity contribution in [3.63, 3.8) is 0 Å². The largest absolute Gasteiger partial charge is 0.491 e. The minimum atomic E-state index is -3.31. The molecule has 1 heterocycles. The van der Waals surface area contributed by atoms with E-state index in [0.717, 1.165) is 36.8 Å². The third-order valence-electron chi connectivity index (χ3n) is 4.85. The van der Waals surface area contributed by atoms with Crippen LogP contribution in [0.1, 0.15) is 38.2 Å². The summed E-state index contributed by atoms with van der Waals surface area (Å²) in [6.45, 7) is 3.98. The fourth-order valence-electron chi connectivity index (χ4n) is 3.51. The van der Waals surface area contributed by atoms with Gasteiger partial charge in [-0.05, 0) is 43.2 Å². The first-order valence-corrected chi connectivity index (χ1v) is 10.8. The van der Waals surface area contributed by atoms with Crippen LogP contribution in [0.25, 0.3) is 0 Å². The van der Waals surface area contributed by atoms with E-state index in [-0.39, 0.29) is 16.6 Å². The molecule has 0 N–H and O–H groups in total. The van der Waals surface area contributed by atoms with Gasteiger partial charge >= 0.3 is 0 Å². The van der Waals surface area contributed by atoms with E-state index in [1.165, 1.54) is 12.3 Å². The lowest BCUT2D eigenvalue weighted by Crippen LogP contribution is -2.32. The van der Waals surface area contributed by atoms with E-state index in [1.54, 1.807) is 24.3 Å². The molecule has 28 heavy (non-hydrogen) atoms. The fraction of sp³-hybridized carbons (Fsp3) is 0.333. The Hall–Kier alpha value is -2.41. The van der Waals surface area contributed by atoms with E-state index in [4.69, 9.17) is 9.47 Å². The van der Waals surface area contributed by atoms with Crippen LogP contribution in [0.5, 0.6) is 5.75 Å². The van der Waals surface area contributed by atoms with Gasteiger partial charge in [-0.15, -0.1) is 0 Å². The standard InChI is InChI=1S/C21H22F2O4S/c1-4-11-21(2)20(14-5-8-16(9-6-14)28(3,24)25)19(13-26-21)27-15-7-10-17(22)18(23)12-15/h5-10,12-13,20H,4,11H2,1-3H3. The molecular formula is C21H22F2O4S. The summed E-state index contributed by atoms with van der Waals surface area (Å²) in [7, 11) is -3.31. The van der Waals surface area contributed by atoms with Gasteiger partial charge in [-0.1, -0.05) is 25.5 Å². The third-order valence-corrected chi connectivity index (χ3v) is 5.98. The third kappa shape index (κ3) is 4.04. The maximum Gasteiger partial charge on any atom is 0.175 e. The molecule has 0 aromatic heterocycles. The molecule has 2 unspecified atom stereocenters. The van der Waals surface area contributed by atoms with E-state index in [1.807, 2.05) is 13.8 Å². The Labute approximate surface area is 163 Å². The summed E-state index contributed by atoms with van der Waals surface area (Å²) in [6.07, 6.45) is 4.23. The van der Waals surface area contributed by atoms with Gasteiger partial charge in [0, 0.05) is 12.3 Å². The van der Waals surface area contributed by atoms with E-state index in [2.05, 4.69) is 0 Å². The Morgan fingerprint density at radius 3 is 2.36 bits per heavy atom. The highest BCUT2D eigenvalue weighted by molar-refractivity contribution is 7.90. The van der Waals surface area contributed by atoms with Gasteiger partial charge in [0.1, 0.15) is 23.4 Å². The topological polar surface area (TPSA) is 52.6 Å². The number of rotatable bonds is 6. The van der Waals surface area contributed by atoms with Crippen LogP contribution >= 0.6 is 0 Å². The summed E-state index contributed by atoms with van der Waals surface area (Å²) < 4.78 is 61.9. The van der Waals surface area contributed by atoms with Crippen molar-refractivity contribution in [2.75, 3.05) is 6.26 Å². The Balaban J connectivity index is 1.96. The average Bonchev–Trinajstić information content (AvgIpc) is 2.94. The lowest BCUT2D eigenvalue weighted by atomic mass is 9.80. The van der Waals surface area contributed by atoms with E-state index >= 15 is 0 Å². The normalized spacial score (nSPS) is 21.9. The molecule has 0 spiro atoms. The molecule has 0 radical (unpaired) electrons. The maximum absolute atomic E-state index is 13.5. The Kier molecular flexibility index (Phi) is 5.48. The monoisotopic (exact) mass is 408 g/mol. The predicted molar refractivity (Wildman–Crippen MR) is 102 cm³/mol. The van der Waals surface area contributed by atoms with Gasteiger partial charge in [0.15, 0.2) is 21.5 Å². The van der Waals surface area contributed by atoms with Crippen molar-refractivity contribution >= 4 is 9.84 Å². The molecule has 1 aliphatic heterocycles. The van der Waals surface area contributed by atoms with Gasteiger partial charge in [0.05, 0.1) is 10.8 Å². The highest BCUT2D eigenvalue weighted by Crippen LogP contribution is 2.46. The highest BCUT2D eigenvalue weighted by atomic mass is 32.2. The van der Waals surface area contributed by atoms with Crippen LogP contribution in [0.3, 0.4) is 0 Å². The van der Waals surface area contributed by atoms with E-state index in [9.17, 15) is 17.2 Å². The van der Waals surface area contributed by atoms with Crippen molar-refractivity contribution in [2.24, 2.45) is 0 Å². The molecule has 3 rings (SSSR count). The molecule has 0 bridgehead atoms. The van der Waals surface area contributed by atoms with Crippen LogP contribution in [0.4, 0.5) is 8.78 Å². The number of halogens is 2. The number of hydrogen-bond donors (Lipinski definition) is 0. The lowest BCUT2D eigenvalue weighted by Gasteiger charge is -2.32. The van der Waals surface area contributed by atoms with Crippen molar-refractivity contribution < 1.29 is 26.7 Å². The van der Waals surface area contributed by atoms with Crippen LogP contribution in [0.2, 0.25) is 0 Å². The van der Waals surface area contributed by atoms with Gasteiger partial charge in [-0.3, -0.25) is 0 Å². The first-order valence-electron chi connectivity index (χ1n) is 8.95. The second kappa shape index (κ2) is 7.54. The van der Waals surface area contributed by atoms with E-state index in [0.29, 0.717) is 5.76 Å². The van der Waals surface area contributed by atoms with Crippen molar-refractivity contribution in [1.82, 2.24) is 0 Å². The Bertz CT molecular complexity index is 1000. The minimum Gasteiger partial charge on any atom is -0.491 e. The first-order chi connectivity index (χ1) is 13.1. The number of ether oxygens (including phenoxy) is 2. The summed E-state index contributed by atoms with van der Waals surface area (Å²) >= 11 is 0. The molecule has 4 nitrogen and oxygen atoms in total. The number of hydrogen-bond acceptors (Lipinski definition) is 4.